The molecule has 0 aliphatic heterocycles. The molecule has 0 radical (unpaired) electrons. The maximum absolute atomic E-state index is 3.44. The van der Waals surface area contributed by atoms with Gasteiger partial charge in [0.15, 0.2) is 0 Å². The fourth-order valence-electron chi connectivity index (χ4n) is 2.07. The number of nitrogens with one attached hydrogen (secondary N) is 2. The van der Waals surface area contributed by atoms with Gasteiger partial charge >= 0.3 is 0 Å². The first-order valence-electron chi connectivity index (χ1n) is 6.17. The Morgan fingerprint density at radius 2 is 2.12 bits per heavy atom. The van der Waals surface area contributed by atoms with Crippen molar-refractivity contribution in [3.05, 3.63) is 36.0 Å². The summed E-state index contributed by atoms with van der Waals surface area (Å²) in [6.45, 7) is 4.45. The fourth-order valence-corrected chi connectivity index (χ4v) is 2.07. The molecule has 1 aromatic heterocycles. The van der Waals surface area contributed by atoms with Crippen LogP contribution in [-0.4, -0.2) is 18.1 Å². The van der Waals surface area contributed by atoms with Crippen molar-refractivity contribution in [3.8, 4) is 0 Å². The van der Waals surface area contributed by atoms with Gasteiger partial charge in [0, 0.05) is 17.1 Å². The van der Waals surface area contributed by atoms with Crippen LogP contribution in [0.2, 0.25) is 0 Å². The molecule has 86 valence electrons. The predicted molar refractivity (Wildman–Crippen MR) is 69.8 cm³/mol. The van der Waals surface area contributed by atoms with Crippen LogP contribution in [0.25, 0.3) is 10.9 Å². The van der Waals surface area contributed by atoms with Crippen molar-refractivity contribution in [2.24, 2.45) is 0 Å². The largest absolute Gasteiger partial charge is 0.361 e. The smallest absolute Gasteiger partial charge is 0.0456 e. The molecule has 16 heavy (non-hydrogen) atoms. The molecule has 2 N–H and O–H groups in total. The van der Waals surface area contributed by atoms with Gasteiger partial charge in [-0.3, -0.25) is 0 Å². The number of H-pyrrole nitrogens is 1. The van der Waals surface area contributed by atoms with E-state index in [2.05, 4.69) is 41.5 Å². The Hall–Kier alpha value is -1.28. The van der Waals surface area contributed by atoms with Crippen LogP contribution in [0.3, 0.4) is 0 Å². The zero-order valence-corrected chi connectivity index (χ0v) is 9.92. The van der Waals surface area contributed by atoms with Gasteiger partial charge < -0.3 is 10.3 Å². The Morgan fingerprint density at radius 1 is 1.19 bits per heavy atom. The van der Waals surface area contributed by atoms with Gasteiger partial charge in [-0.25, -0.2) is 0 Å². The summed E-state index contributed by atoms with van der Waals surface area (Å²) >= 11 is 0. The third-order valence-corrected chi connectivity index (χ3v) is 2.91. The van der Waals surface area contributed by atoms with Crippen LogP contribution in [-0.2, 0) is 6.42 Å². The van der Waals surface area contributed by atoms with Gasteiger partial charge in [-0.1, -0.05) is 19.1 Å². The number of rotatable bonds is 6. The molecule has 0 unspecified atom stereocenters. The Balaban J connectivity index is 1.91. The quantitative estimate of drug-likeness (QED) is 0.713. The van der Waals surface area contributed by atoms with E-state index in [9.17, 15) is 0 Å². The lowest BCUT2D eigenvalue weighted by Gasteiger charge is -2.04. The summed E-state index contributed by atoms with van der Waals surface area (Å²) in [6.07, 6.45) is 5.60. The van der Waals surface area contributed by atoms with Gasteiger partial charge in [-0.15, -0.1) is 0 Å². The number of aromatic amines is 1. The van der Waals surface area contributed by atoms with Crippen molar-refractivity contribution in [2.45, 2.75) is 26.2 Å². The van der Waals surface area contributed by atoms with Crippen LogP contribution in [0.1, 0.15) is 25.3 Å². The summed E-state index contributed by atoms with van der Waals surface area (Å²) in [5, 5.41) is 4.81. The molecule has 0 saturated carbocycles. The molecule has 2 aromatic rings. The molecule has 2 heteroatoms. The van der Waals surface area contributed by atoms with Gasteiger partial charge in [0.2, 0.25) is 0 Å². The highest BCUT2D eigenvalue weighted by Crippen LogP contribution is 2.18. The molecule has 1 aromatic carbocycles. The highest BCUT2D eigenvalue weighted by atomic mass is 14.8. The molecule has 2 rings (SSSR count). The summed E-state index contributed by atoms with van der Waals surface area (Å²) in [5.41, 5.74) is 2.70. The number of aryl methyl sites for hydroxylation is 1. The average molecular weight is 216 g/mol. The Bertz CT molecular complexity index is 431. The normalized spacial score (nSPS) is 11.1. The second-order valence-corrected chi connectivity index (χ2v) is 4.21. The summed E-state index contributed by atoms with van der Waals surface area (Å²) in [7, 11) is 0. The lowest BCUT2D eigenvalue weighted by atomic mass is 10.1. The van der Waals surface area contributed by atoms with E-state index in [1.807, 2.05) is 6.20 Å². The van der Waals surface area contributed by atoms with Gasteiger partial charge in [0.05, 0.1) is 0 Å². The highest BCUT2D eigenvalue weighted by molar-refractivity contribution is 5.82. The maximum Gasteiger partial charge on any atom is 0.0456 e. The fraction of sp³-hybridized carbons (Fsp3) is 0.429. The third kappa shape index (κ3) is 2.64. The number of aromatic nitrogens is 1. The second-order valence-electron chi connectivity index (χ2n) is 4.21. The molecule has 0 aliphatic rings. The van der Waals surface area contributed by atoms with Crippen molar-refractivity contribution in [1.82, 2.24) is 10.3 Å². The first kappa shape index (κ1) is 11.2. The Kier molecular flexibility index (Phi) is 4.00. The predicted octanol–water partition coefficient (Wildman–Crippen LogP) is 3.10. The molecule has 0 saturated heterocycles. The molecule has 0 atom stereocenters. The molecular formula is C14H20N2. The number of fused-ring (bicyclic) bond motifs is 1. The van der Waals surface area contributed by atoms with E-state index in [-0.39, 0.29) is 0 Å². The number of benzene rings is 1. The van der Waals surface area contributed by atoms with Gasteiger partial charge in [0.25, 0.3) is 0 Å². The lowest BCUT2D eigenvalue weighted by Crippen LogP contribution is -2.16. The standard InChI is InChI=1S/C14H20N2/c1-2-9-15-10-4-6-12-5-3-7-14-13(12)8-11-16-14/h3,5,7-8,11,15-16H,2,4,6,9-10H2,1H3. The van der Waals surface area contributed by atoms with Gasteiger partial charge in [-0.2, -0.15) is 0 Å². The number of hydrogen-bond donors (Lipinski definition) is 2. The average Bonchev–Trinajstić information content (AvgIpc) is 2.77. The Morgan fingerprint density at radius 3 is 3.00 bits per heavy atom. The zero-order valence-electron chi connectivity index (χ0n) is 9.92. The first-order valence-corrected chi connectivity index (χ1v) is 6.17. The van der Waals surface area contributed by atoms with E-state index < -0.39 is 0 Å². The molecule has 0 fully saturated rings. The molecule has 0 bridgehead atoms. The summed E-state index contributed by atoms with van der Waals surface area (Å²) in [4.78, 5) is 3.26. The highest BCUT2D eigenvalue weighted by Gasteiger charge is 2.00. The summed E-state index contributed by atoms with van der Waals surface area (Å²) in [5.74, 6) is 0. The lowest BCUT2D eigenvalue weighted by molar-refractivity contribution is 0.641. The monoisotopic (exact) mass is 216 g/mol. The zero-order chi connectivity index (χ0) is 11.2. The van der Waals surface area contributed by atoms with E-state index in [1.165, 1.54) is 29.3 Å². The van der Waals surface area contributed by atoms with E-state index in [4.69, 9.17) is 0 Å². The first-order chi connectivity index (χ1) is 7.92. The van der Waals surface area contributed by atoms with Crippen molar-refractivity contribution >= 4 is 10.9 Å². The molecule has 0 aliphatic carbocycles. The van der Waals surface area contributed by atoms with Crippen LogP contribution < -0.4 is 5.32 Å². The van der Waals surface area contributed by atoms with Crippen LogP contribution in [0.5, 0.6) is 0 Å². The molecular weight excluding hydrogens is 196 g/mol. The van der Waals surface area contributed by atoms with Gasteiger partial charge in [-0.05, 0) is 50.0 Å². The second kappa shape index (κ2) is 5.71. The van der Waals surface area contributed by atoms with Crippen molar-refractivity contribution in [2.75, 3.05) is 13.1 Å². The summed E-state index contributed by atoms with van der Waals surface area (Å²) in [6, 6.07) is 8.67. The molecule has 0 spiro atoms. The van der Waals surface area contributed by atoms with Crippen molar-refractivity contribution in [1.29, 1.82) is 0 Å². The van der Waals surface area contributed by atoms with Crippen molar-refractivity contribution < 1.29 is 0 Å². The third-order valence-electron chi connectivity index (χ3n) is 2.91. The minimum Gasteiger partial charge on any atom is -0.361 e. The molecule has 2 nitrogen and oxygen atoms in total. The SMILES string of the molecule is CCCNCCCc1cccc2[nH]ccc12. The summed E-state index contributed by atoms with van der Waals surface area (Å²) < 4.78 is 0. The number of hydrogen-bond acceptors (Lipinski definition) is 1. The van der Waals surface area contributed by atoms with Crippen LogP contribution in [0, 0.1) is 0 Å². The van der Waals surface area contributed by atoms with Crippen LogP contribution >= 0.6 is 0 Å². The van der Waals surface area contributed by atoms with Gasteiger partial charge in [0.1, 0.15) is 0 Å². The van der Waals surface area contributed by atoms with Crippen LogP contribution in [0.15, 0.2) is 30.5 Å². The van der Waals surface area contributed by atoms with Crippen LogP contribution in [0.4, 0.5) is 0 Å². The molecule has 0 amide bonds. The minimum absolute atomic E-state index is 1.12. The van der Waals surface area contributed by atoms with E-state index in [0.717, 1.165) is 19.5 Å². The van der Waals surface area contributed by atoms with E-state index in [0.29, 0.717) is 0 Å². The van der Waals surface area contributed by atoms with Crippen molar-refractivity contribution in [3.63, 3.8) is 0 Å². The Labute approximate surface area is 97.1 Å². The van der Waals surface area contributed by atoms with E-state index in [1.54, 1.807) is 0 Å². The maximum atomic E-state index is 3.44. The van der Waals surface area contributed by atoms with E-state index >= 15 is 0 Å². The minimum atomic E-state index is 1.12. The topological polar surface area (TPSA) is 27.8 Å². The molecule has 1 heterocycles.